The van der Waals surface area contributed by atoms with Crippen molar-refractivity contribution >= 4 is 0 Å². The van der Waals surface area contributed by atoms with Crippen LogP contribution in [0, 0.1) is 0 Å². The van der Waals surface area contributed by atoms with E-state index in [2.05, 4.69) is 33.0 Å². The van der Waals surface area contributed by atoms with Crippen LogP contribution in [0.3, 0.4) is 0 Å². The van der Waals surface area contributed by atoms with E-state index in [1.165, 1.54) is 25.7 Å². The lowest BCUT2D eigenvalue weighted by Crippen LogP contribution is -2.24. The maximum absolute atomic E-state index is 5.62. The molecule has 0 aliphatic heterocycles. The van der Waals surface area contributed by atoms with Crippen LogP contribution in [0.25, 0.3) is 0 Å². The van der Waals surface area contributed by atoms with Gasteiger partial charge in [-0.15, -0.1) is 0 Å². The number of unbranched alkanes of at least 4 members (excludes halogenated alkanes) is 3. The minimum absolute atomic E-state index is 0.0531. The Hall–Kier alpha value is -0.120. The molecule has 0 heterocycles. The lowest BCUT2D eigenvalue weighted by Gasteiger charge is -2.22. The van der Waals surface area contributed by atoms with Crippen LogP contribution in [0.4, 0.5) is 0 Å². The minimum atomic E-state index is -0.0531. The summed E-state index contributed by atoms with van der Waals surface area (Å²) in [4.78, 5) is 0. The van der Waals surface area contributed by atoms with E-state index >= 15 is 0 Å². The Morgan fingerprint density at radius 2 is 1.67 bits per heavy atom. The summed E-state index contributed by atoms with van der Waals surface area (Å²) in [5.74, 6) is 0. The summed E-state index contributed by atoms with van der Waals surface area (Å²) in [6.07, 6.45) is 5.98. The van der Waals surface area contributed by atoms with Crippen LogP contribution in [0.1, 0.15) is 59.8 Å². The van der Waals surface area contributed by atoms with Crippen molar-refractivity contribution in [1.29, 1.82) is 0 Å². The zero-order valence-electron chi connectivity index (χ0n) is 13.1. The monoisotopic (exact) mass is 259 g/mol. The van der Waals surface area contributed by atoms with Crippen molar-refractivity contribution < 1.29 is 9.47 Å². The van der Waals surface area contributed by atoms with E-state index in [0.717, 1.165) is 26.2 Å². The van der Waals surface area contributed by atoms with Crippen LogP contribution in [-0.2, 0) is 9.47 Å². The van der Waals surface area contributed by atoms with E-state index in [1.54, 1.807) is 7.11 Å². The lowest BCUT2D eigenvalue weighted by atomic mass is 10.1. The summed E-state index contributed by atoms with van der Waals surface area (Å²) >= 11 is 0. The van der Waals surface area contributed by atoms with Crippen LogP contribution < -0.4 is 5.32 Å². The molecule has 0 radical (unpaired) electrons. The highest BCUT2D eigenvalue weighted by atomic mass is 16.5. The SMILES string of the molecule is COC(C)(C)CCOCCCCCCNC(C)C. The van der Waals surface area contributed by atoms with Gasteiger partial charge in [-0.05, 0) is 39.7 Å². The molecule has 0 fully saturated rings. The van der Waals surface area contributed by atoms with Gasteiger partial charge in [-0.1, -0.05) is 26.7 Å². The predicted molar refractivity (Wildman–Crippen MR) is 78.1 cm³/mol. The molecule has 0 saturated carbocycles. The average molecular weight is 259 g/mol. The number of rotatable bonds is 12. The van der Waals surface area contributed by atoms with Gasteiger partial charge in [-0.3, -0.25) is 0 Å². The van der Waals surface area contributed by atoms with Gasteiger partial charge in [0.05, 0.1) is 5.60 Å². The number of ether oxygens (including phenoxy) is 2. The molecule has 0 spiro atoms. The van der Waals surface area contributed by atoms with Crippen LogP contribution in [0.2, 0.25) is 0 Å². The fourth-order valence-electron chi connectivity index (χ4n) is 1.60. The highest BCUT2D eigenvalue weighted by molar-refractivity contribution is 4.66. The van der Waals surface area contributed by atoms with Gasteiger partial charge in [-0.2, -0.15) is 0 Å². The molecule has 0 aliphatic carbocycles. The van der Waals surface area contributed by atoms with Crippen molar-refractivity contribution in [3.8, 4) is 0 Å². The molecule has 3 heteroatoms. The van der Waals surface area contributed by atoms with Gasteiger partial charge in [0.15, 0.2) is 0 Å². The number of nitrogens with one attached hydrogen (secondary N) is 1. The third-order valence-electron chi connectivity index (χ3n) is 3.17. The van der Waals surface area contributed by atoms with Gasteiger partial charge in [-0.25, -0.2) is 0 Å². The van der Waals surface area contributed by atoms with Gasteiger partial charge in [0.1, 0.15) is 0 Å². The Labute approximate surface area is 114 Å². The summed E-state index contributed by atoms with van der Waals surface area (Å²) in [6, 6.07) is 0.609. The first-order valence-corrected chi connectivity index (χ1v) is 7.34. The van der Waals surface area contributed by atoms with Gasteiger partial charge in [0.25, 0.3) is 0 Å². The molecule has 0 unspecified atom stereocenters. The van der Waals surface area contributed by atoms with Crippen LogP contribution in [-0.4, -0.2) is 38.5 Å². The molecule has 0 aromatic carbocycles. The molecule has 0 bridgehead atoms. The van der Waals surface area contributed by atoms with Crippen molar-refractivity contribution in [1.82, 2.24) is 5.32 Å². The molecule has 18 heavy (non-hydrogen) atoms. The van der Waals surface area contributed by atoms with E-state index in [-0.39, 0.29) is 5.60 Å². The smallest absolute Gasteiger partial charge is 0.0644 e. The van der Waals surface area contributed by atoms with Crippen molar-refractivity contribution in [3.63, 3.8) is 0 Å². The normalized spacial score (nSPS) is 12.3. The van der Waals surface area contributed by atoms with Gasteiger partial charge in [0, 0.05) is 26.4 Å². The molecule has 0 aliphatic rings. The van der Waals surface area contributed by atoms with E-state index in [1.807, 2.05) is 0 Å². The topological polar surface area (TPSA) is 30.5 Å². The van der Waals surface area contributed by atoms with E-state index in [9.17, 15) is 0 Å². The van der Waals surface area contributed by atoms with Gasteiger partial charge < -0.3 is 14.8 Å². The molecule has 110 valence electrons. The number of hydrogen-bond donors (Lipinski definition) is 1. The molecule has 3 nitrogen and oxygen atoms in total. The number of methoxy groups -OCH3 is 1. The van der Waals surface area contributed by atoms with Crippen molar-refractivity contribution in [3.05, 3.63) is 0 Å². The summed E-state index contributed by atoms with van der Waals surface area (Å²) in [5, 5.41) is 3.43. The van der Waals surface area contributed by atoms with Crippen molar-refractivity contribution in [2.45, 2.75) is 71.4 Å². The molecule has 0 aromatic rings. The Morgan fingerprint density at radius 3 is 2.28 bits per heavy atom. The fraction of sp³-hybridized carbons (Fsp3) is 1.00. The lowest BCUT2D eigenvalue weighted by molar-refractivity contribution is -0.0101. The number of hydrogen-bond acceptors (Lipinski definition) is 3. The Balaban J connectivity index is 3.12. The maximum atomic E-state index is 5.62. The molecule has 0 aromatic heterocycles. The molecule has 0 saturated heterocycles. The van der Waals surface area contributed by atoms with E-state index in [0.29, 0.717) is 6.04 Å². The standard InChI is InChI=1S/C15H33NO2/c1-14(2)16-11-8-6-7-9-12-18-13-10-15(3,4)17-5/h14,16H,6-13H2,1-5H3. The average Bonchev–Trinajstić information content (AvgIpc) is 2.31. The van der Waals surface area contributed by atoms with Crippen molar-refractivity contribution in [2.75, 3.05) is 26.9 Å². The predicted octanol–water partition coefficient (Wildman–Crippen LogP) is 3.38. The molecule has 0 amide bonds. The fourth-order valence-corrected chi connectivity index (χ4v) is 1.60. The minimum Gasteiger partial charge on any atom is -0.381 e. The zero-order valence-corrected chi connectivity index (χ0v) is 13.1. The zero-order chi connectivity index (χ0) is 13.9. The van der Waals surface area contributed by atoms with E-state index in [4.69, 9.17) is 9.47 Å². The van der Waals surface area contributed by atoms with Crippen LogP contribution in [0.5, 0.6) is 0 Å². The highest BCUT2D eigenvalue weighted by Crippen LogP contribution is 2.12. The summed E-state index contributed by atoms with van der Waals surface area (Å²) in [6.45, 7) is 11.4. The molecule has 0 rings (SSSR count). The van der Waals surface area contributed by atoms with Crippen molar-refractivity contribution in [2.24, 2.45) is 0 Å². The Morgan fingerprint density at radius 1 is 1.00 bits per heavy atom. The van der Waals surface area contributed by atoms with Gasteiger partial charge >= 0.3 is 0 Å². The maximum Gasteiger partial charge on any atom is 0.0644 e. The third-order valence-corrected chi connectivity index (χ3v) is 3.17. The molecular weight excluding hydrogens is 226 g/mol. The first-order valence-electron chi connectivity index (χ1n) is 7.34. The molecular formula is C15H33NO2. The summed E-state index contributed by atoms with van der Waals surface area (Å²) < 4.78 is 11.0. The van der Waals surface area contributed by atoms with Crippen LogP contribution >= 0.6 is 0 Å². The largest absolute Gasteiger partial charge is 0.381 e. The second kappa shape index (κ2) is 10.8. The first-order chi connectivity index (χ1) is 8.48. The highest BCUT2D eigenvalue weighted by Gasteiger charge is 2.15. The third kappa shape index (κ3) is 12.3. The quantitative estimate of drug-likeness (QED) is 0.545. The summed E-state index contributed by atoms with van der Waals surface area (Å²) in [7, 11) is 1.76. The Kier molecular flexibility index (Phi) is 10.7. The first kappa shape index (κ1) is 17.9. The van der Waals surface area contributed by atoms with Crippen LogP contribution in [0.15, 0.2) is 0 Å². The molecule has 0 atom stereocenters. The second-order valence-corrected chi connectivity index (χ2v) is 5.85. The second-order valence-electron chi connectivity index (χ2n) is 5.85. The van der Waals surface area contributed by atoms with E-state index < -0.39 is 0 Å². The van der Waals surface area contributed by atoms with Gasteiger partial charge in [0.2, 0.25) is 0 Å². The Bertz CT molecular complexity index is 181. The summed E-state index contributed by atoms with van der Waals surface area (Å²) in [5.41, 5.74) is -0.0531. The molecule has 1 N–H and O–H groups in total.